The Bertz CT molecular complexity index is 1060. The molecule has 1 aromatic carbocycles. The Morgan fingerprint density at radius 1 is 1.37 bits per heavy atom. The van der Waals surface area contributed by atoms with Gasteiger partial charge in [-0.1, -0.05) is 6.07 Å². The molecular weight excluding hydrogens is 357 g/mol. The summed E-state index contributed by atoms with van der Waals surface area (Å²) in [5.74, 6) is -1.21. The first-order chi connectivity index (χ1) is 12.9. The molecule has 2 aromatic heterocycles. The topological polar surface area (TPSA) is 106 Å². The Kier molecular flexibility index (Phi) is 5.24. The highest BCUT2D eigenvalue weighted by molar-refractivity contribution is 6.09. The Balaban J connectivity index is 2.14. The van der Waals surface area contributed by atoms with Gasteiger partial charge >= 0.3 is 0 Å². The summed E-state index contributed by atoms with van der Waals surface area (Å²) in [5, 5.41) is 11.8. The molecule has 3 rings (SSSR count). The van der Waals surface area contributed by atoms with E-state index >= 15 is 0 Å². The molecule has 0 saturated heterocycles. The molecule has 0 aliphatic rings. The number of amides is 1. The molecule has 1 amide bonds. The predicted molar refractivity (Wildman–Crippen MR) is 96.4 cm³/mol. The lowest BCUT2D eigenvalue weighted by Gasteiger charge is -2.16. The Hall–Kier alpha value is -3.17. The maximum absolute atomic E-state index is 14.3. The van der Waals surface area contributed by atoms with Crippen LogP contribution in [0.15, 0.2) is 39.7 Å². The van der Waals surface area contributed by atoms with Crippen LogP contribution < -0.4 is 16.4 Å². The van der Waals surface area contributed by atoms with Gasteiger partial charge in [0.05, 0.1) is 30.6 Å². The number of aryl methyl sites for hydroxylation is 1. The maximum atomic E-state index is 14.3. The van der Waals surface area contributed by atoms with Crippen molar-refractivity contribution >= 4 is 28.4 Å². The van der Waals surface area contributed by atoms with Crippen LogP contribution in [0.4, 0.5) is 15.9 Å². The number of furan rings is 1. The molecule has 3 N–H and O–H groups in total. The first kappa shape index (κ1) is 18.6. The van der Waals surface area contributed by atoms with Crippen LogP contribution >= 0.6 is 0 Å². The molecule has 0 atom stereocenters. The fourth-order valence-corrected chi connectivity index (χ4v) is 2.65. The monoisotopic (exact) mass is 375 g/mol. The molecule has 8 nitrogen and oxygen atoms in total. The number of hydroxylamine groups is 1. The number of fused-ring (bicyclic) bond motifs is 1. The van der Waals surface area contributed by atoms with Crippen LogP contribution in [0, 0.1) is 12.7 Å². The van der Waals surface area contributed by atoms with Crippen molar-refractivity contribution in [2.45, 2.75) is 6.92 Å². The summed E-state index contributed by atoms with van der Waals surface area (Å²) in [6.45, 7) is 1.34. The van der Waals surface area contributed by atoms with E-state index in [1.807, 2.05) is 0 Å². The van der Waals surface area contributed by atoms with Gasteiger partial charge in [0.15, 0.2) is 5.58 Å². The molecule has 0 fully saturated rings. The van der Waals surface area contributed by atoms with Crippen molar-refractivity contribution in [1.82, 2.24) is 10.0 Å². The van der Waals surface area contributed by atoms with Crippen molar-refractivity contribution in [2.24, 2.45) is 7.05 Å². The molecule has 0 radical (unpaired) electrons. The lowest BCUT2D eigenvalue weighted by Crippen LogP contribution is -2.29. The number of carbonyl (C=O) groups excluding carboxylic acids is 1. The van der Waals surface area contributed by atoms with Gasteiger partial charge in [0.2, 0.25) is 0 Å². The second kappa shape index (κ2) is 7.60. The smallest absolute Gasteiger partial charge is 0.282 e. The van der Waals surface area contributed by atoms with Gasteiger partial charge < -0.3 is 14.8 Å². The molecule has 0 saturated carbocycles. The molecule has 0 spiro atoms. The number of carbonyl (C=O) groups is 1. The molecular formula is C18H18FN3O5. The van der Waals surface area contributed by atoms with Crippen molar-refractivity contribution < 1.29 is 23.5 Å². The lowest BCUT2D eigenvalue weighted by molar-refractivity contribution is 0.0169. The van der Waals surface area contributed by atoms with E-state index in [-0.39, 0.29) is 41.3 Å². The van der Waals surface area contributed by atoms with Gasteiger partial charge in [-0.15, -0.1) is 0 Å². The molecule has 3 aromatic rings. The fraction of sp³-hybridized carbons (Fsp3) is 0.222. The van der Waals surface area contributed by atoms with E-state index in [0.717, 1.165) is 5.56 Å². The minimum absolute atomic E-state index is 0.0324. The average Bonchev–Trinajstić information content (AvgIpc) is 3.11. The number of pyridine rings is 1. The highest BCUT2D eigenvalue weighted by atomic mass is 19.1. The number of hydrogen-bond acceptors (Lipinski definition) is 6. The summed E-state index contributed by atoms with van der Waals surface area (Å²) in [4.78, 5) is 30.0. The van der Waals surface area contributed by atoms with Crippen molar-refractivity contribution in [1.29, 1.82) is 0 Å². The largest absolute Gasteiger partial charge is 0.463 e. The number of hydrogen-bond donors (Lipinski definition) is 3. The zero-order chi connectivity index (χ0) is 19.6. The van der Waals surface area contributed by atoms with Crippen molar-refractivity contribution in [2.75, 3.05) is 18.5 Å². The summed E-state index contributed by atoms with van der Waals surface area (Å²) in [5.41, 5.74) is 2.58. The van der Waals surface area contributed by atoms with E-state index < -0.39 is 17.3 Å². The third-order valence-electron chi connectivity index (χ3n) is 3.96. The number of halogens is 1. The number of nitrogens with zero attached hydrogens (tertiary/aromatic N) is 1. The fourth-order valence-electron chi connectivity index (χ4n) is 2.65. The number of rotatable bonds is 6. The van der Waals surface area contributed by atoms with Crippen LogP contribution in [0.3, 0.4) is 0 Å². The third kappa shape index (κ3) is 3.55. The number of nitrogens with one attached hydrogen (secondary N) is 2. The number of anilines is 2. The Labute approximate surface area is 153 Å². The standard InChI is InChI=1S/C18H18FN3O5/c1-10-3-4-13(12(19)9-10)20-16-14(17(24)21-27-8-6-23)15-11(5-7-26-15)18(25)22(16)2/h3-5,7,9,20,23H,6,8H2,1-2H3,(H,21,24). The van der Waals surface area contributed by atoms with Crippen LogP contribution in [0.25, 0.3) is 11.0 Å². The number of aliphatic hydroxyl groups excluding tert-OH is 1. The highest BCUT2D eigenvalue weighted by Gasteiger charge is 2.24. The SMILES string of the molecule is Cc1ccc(Nc2c(C(=O)NOCCO)c3occc3c(=O)n2C)c(F)c1. The predicted octanol–water partition coefficient (Wildman–Crippen LogP) is 1.98. The van der Waals surface area contributed by atoms with Crippen LogP contribution in [-0.4, -0.2) is 28.8 Å². The zero-order valence-electron chi connectivity index (χ0n) is 14.7. The average molecular weight is 375 g/mol. The molecule has 0 unspecified atom stereocenters. The van der Waals surface area contributed by atoms with Gasteiger partial charge in [-0.25, -0.2) is 9.87 Å². The van der Waals surface area contributed by atoms with E-state index in [1.165, 1.54) is 36.1 Å². The second-order valence-electron chi connectivity index (χ2n) is 5.86. The van der Waals surface area contributed by atoms with Crippen LogP contribution in [0.1, 0.15) is 15.9 Å². The molecule has 0 aliphatic heterocycles. The van der Waals surface area contributed by atoms with Crippen LogP contribution in [0.5, 0.6) is 0 Å². The van der Waals surface area contributed by atoms with Gasteiger partial charge in [0.1, 0.15) is 17.2 Å². The number of aromatic nitrogens is 1. The van der Waals surface area contributed by atoms with Crippen molar-refractivity contribution in [3.05, 3.63) is 57.8 Å². The van der Waals surface area contributed by atoms with E-state index in [9.17, 15) is 14.0 Å². The normalized spacial score (nSPS) is 11.0. The van der Waals surface area contributed by atoms with E-state index in [1.54, 1.807) is 13.0 Å². The quantitative estimate of drug-likeness (QED) is 0.449. The van der Waals surface area contributed by atoms with E-state index in [4.69, 9.17) is 14.4 Å². The molecule has 142 valence electrons. The molecule has 0 aliphatic carbocycles. The Morgan fingerprint density at radius 3 is 2.85 bits per heavy atom. The first-order valence-electron chi connectivity index (χ1n) is 8.10. The van der Waals surface area contributed by atoms with Gasteiger partial charge in [-0.2, -0.15) is 0 Å². The van der Waals surface area contributed by atoms with E-state index in [2.05, 4.69) is 10.8 Å². The highest BCUT2D eigenvalue weighted by Crippen LogP contribution is 2.28. The lowest BCUT2D eigenvalue weighted by atomic mass is 10.1. The minimum Gasteiger partial charge on any atom is -0.463 e. The third-order valence-corrected chi connectivity index (χ3v) is 3.96. The molecule has 27 heavy (non-hydrogen) atoms. The number of aliphatic hydroxyl groups is 1. The maximum Gasteiger partial charge on any atom is 0.282 e. The van der Waals surface area contributed by atoms with Gasteiger partial charge in [0, 0.05) is 7.05 Å². The number of benzene rings is 1. The Morgan fingerprint density at radius 2 is 2.15 bits per heavy atom. The van der Waals surface area contributed by atoms with E-state index in [0.29, 0.717) is 0 Å². The van der Waals surface area contributed by atoms with Crippen LogP contribution in [-0.2, 0) is 11.9 Å². The summed E-state index contributed by atoms with van der Waals surface area (Å²) in [7, 11) is 1.45. The van der Waals surface area contributed by atoms with Gasteiger partial charge in [-0.3, -0.25) is 19.0 Å². The summed E-state index contributed by atoms with van der Waals surface area (Å²) in [6, 6.07) is 5.97. The zero-order valence-corrected chi connectivity index (χ0v) is 14.7. The van der Waals surface area contributed by atoms with Gasteiger partial charge in [0.25, 0.3) is 11.5 Å². The summed E-state index contributed by atoms with van der Waals surface area (Å²) >= 11 is 0. The molecule has 0 bridgehead atoms. The summed E-state index contributed by atoms with van der Waals surface area (Å²) < 4.78 is 20.8. The minimum atomic E-state index is -0.714. The molecule has 9 heteroatoms. The van der Waals surface area contributed by atoms with Crippen molar-refractivity contribution in [3.63, 3.8) is 0 Å². The first-order valence-corrected chi connectivity index (χ1v) is 8.10. The molecule has 2 heterocycles. The van der Waals surface area contributed by atoms with Crippen molar-refractivity contribution in [3.8, 4) is 0 Å². The van der Waals surface area contributed by atoms with Crippen LogP contribution in [0.2, 0.25) is 0 Å². The summed E-state index contributed by atoms with van der Waals surface area (Å²) in [6.07, 6.45) is 1.29. The van der Waals surface area contributed by atoms with Gasteiger partial charge in [-0.05, 0) is 30.7 Å². The second-order valence-corrected chi connectivity index (χ2v) is 5.86.